The lowest BCUT2D eigenvalue weighted by atomic mass is 10.1. The lowest BCUT2D eigenvalue weighted by Gasteiger charge is -2.22. The van der Waals surface area contributed by atoms with E-state index in [1.165, 1.54) is 54.8 Å². The highest BCUT2D eigenvalue weighted by Crippen LogP contribution is 2.16. The van der Waals surface area contributed by atoms with Gasteiger partial charge in [0.1, 0.15) is 0 Å². The molecule has 2 N–H and O–H groups in total. The molecule has 0 radical (unpaired) electrons. The van der Waals surface area contributed by atoms with E-state index in [-0.39, 0.29) is 12.6 Å². The molecule has 1 aliphatic rings. The van der Waals surface area contributed by atoms with Crippen LogP contribution in [0.4, 0.5) is 4.79 Å². The predicted octanol–water partition coefficient (Wildman–Crippen LogP) is 2.20. The molecule has 5 nitrogen and oxygen atoms in total. The average Bonchev–Trinajstić information content (AvgIpc) is 2.82. The van der Waals surface area contributed by atoms with Crippen LogP contribution in [0, 0.1) is 0 Å². The summed E-state index contributed by atoms with van der Waals surface area (Å²) in [6.07, 6.45) is 5.24. The Hall–Kier alpha value is -1.59. The molecule has 1 aromatic carbocycles. The van der Waals surface area contributed by atoms with Gasteiger partial charge in [-0.15, -0.1) is 0 Å². The van der Waals surface area contributed by atoms with Gasteiger partial charge in [-0.25, -0.2) is 4.79 Å². The van der Waals surface area contributed by atoms with Crippen LogP contribution in [0.15, 0.2) is 24.3 Å². The van der Waals surface area contributed by atoms with Crippen LogP contribution in [-0.4, -0.2) is 54.2 Å². The van der Waals surface area contributed by atoms with Crippen LogP contribution in [0.2, 0.25) is 0 Å². The summed E-state index contributed by atoms with van der Waals surface area (Å²) in [6, 6.07) is 8.17. The Bertz CT molecular complexity index is 485. The number of urea groups is 1. The van der Waals surface area contributed by atoms with Gasteiger partial charge in [0.25, 0.3) is 0 Å². The third-order valence-corrected chi connectivity index (χ3v) is 4.42. The van der Waals surface area contributed by atoms with Crippen LogP contribution in [-0.2, 0) is 13.1 Å². The first-order valence-corrected chi connectivity index (χ1v) is 8.59. The van der Waals surface area contributed by atoms with Gasteiger partial charge in [0, 0.05) is 26.7 Å². The molecule has 1 aliphatic heterocycles. The fourth-order valence-corrected chi connectivity index (χ4v) is 2.98. The molecular formula is C18H29N3O2. The molecule has 1 heterocycles. The van der Waals surface area contributed by atoms with Crippen molar-refractivity contribution in [3.63, 3.8) is 0 Å². The van der Waals surface area contributed by atoms with Gasteiger partial charge in [0.15, 0.2) is 0 Å². The highest BCUT2D eigenvalue weighted by Gasteiger charge is 2.13. The number of nitrogens with zero attached hydrogens (tertiary/aromatic N) is 2. The topological polar surface area (TPSA) is 55.8 Å². The van der Waals surface area contributed by atoms with Crippen molar-refractivity contribution in [3.05, 3.63) is 35.4 Å². The Morgan fingerprint density at radius 2 is 1.83 bits per heavy atom. The second-order valence-electron chi connectivity index (χ2n) is 6.26. The molecule has 0 spiro atoms. The maximum Gasteiger partial charge on any atom is 0.317 e. The third-order valence-electron chi connectivity index (χ3n) is 4.42. The van der Waals surface area contributed by atoms with Crippen LogP contribution in [0.5, 0.6) is 0 Å². The molecular weight excluding hydrogens is 290 g/mol. The highest BCUT2D eigenvalue weighted by atomic mass is 16.3. The van der Waals surface area contributed by atoms with E-state index in [2.05, 4.69) is 28.4 Å². The lowest BCUT2D eigenvalue weighted by Crippen LogP contribution is -2.38. The minimum absolute atomic E-state index is 0.0184. The summed E-state index contributed by atoms with van der Waals surface area (Å²) in [5, 5.41) is 11.8. The van der Waals surface area contributed by atoms with Crippen molar-refractivity contribution in [2.75, 3.05) is 33.3 Å². The zero-order valence-electron chi connectivity index (χ0n) is 14.1. The van der Waals surface area contributed by atoms with E-state index in [9.17, 15) is 4.79 Å². The van der Waals surface area contributed by atoms with Gasteiger partial charge >= 0.3 is 6.03 Å². The molecule has 1 aromatic rings. The second-order valence-corrected chi connectivity index (χ2v) is 6.26. The maximum atomic E-state index is 11.9. The third kappa shape index (κ3) is 5.84. The maximum absolute atomic E-state index is 11.9. The van der Waals surface area contributed by atoms with Crippen molar-refractivity contribution >= 4 is 6.03 Å². The van der Waals surface area contributed by atoms with E-state index in [1.54, 1.807) is 7.05 Å². The van der Waals surface area contributed by atoms with E-state index < -0.39 is 0 Å². The molecule has 2 amide bonds. The Balaban J connectivity index is 1.92. The number of hydrogen-bond donors (Lipinski definition) is 2. The fourth-order valence-electron chi connectivity index (χ4n) is 2.98. The number of amides is 2. The molecule has 2 rings (SSSR count). The number of benzene rings is 1. The first-order valence-electron chi connectivity index (χ1n) is 8.59. The van der Waals surface area contributed by atoms with E-state index in [0.29, 0.717) is 13.1 Å². The van der Waals surface area contributed by atoms with Crippen LogP contribution in [0.1, 0.15) is 36.8 Å². The smallest absolute Gasteiger partial charge is 0.317 e. The van der Waals surface area contributed by atoms with Gasteiger partial charge in [-0.3, -0.25) is 4.90 Å². The molecule has 1 saturated heterocycles. The number of aliphatic hydroxyl groups is 1. The molecule has 128 valence electrons. The number of hydrogen-bond acceptors (Lipinski definition) is 3. The molecule has 23 heavy (non-hydrogen) atoms. The largest absolute Gasteiger partial charge is 0.395 e. The number of carbonyl (C=O) groups excluding carboxylic acids is 1. The van der Waals surface area contributed by atoms with Gasteiger partial charge in [-0.1, -0.05) is 37.1 Å². The minimum atomic E-state index is -0.149. The number of nitrogens with one attached hydrogen (secondary N) is 1. The minimum Gasteiger partial charge on any atom is -0.395 e. The summed E-state index contributed by atoms with van der Waals surface area (Å²) in [7, 11) is 1.69. The fraction of sp³-hybridized carbons (Fsp3) is 0.611. The van der Waals surface area contributed by atoms with E-state index in [4.69, 9.17) is 5.11 Å². The van der Waals surface area contributed by atoms with Gasteiger partial charge in [-0.05, 0) is 37.1 Å². The normalized spacial score (nSPS) is 15.9. The molecule has 0 atom stereocenters. The molecule has 0 aliphatic carbocycles. The molecule has 0 bridgehead atoms. The number of rotatable bonds is 6. The predicted molar refractivity (Wildman–Crippen MR) is 92.1 cm³/mol. The Labute approximate surface area is 139 Å². The summed E-state index contributed by atoms with van der Waals surface area (Å²) in [4.78, 5) is 16.0. The second kappa shape index (κ2) is 9.53. The first-order chi connectivity index (χ1) is 11.2. The Morgan fingerprint density at radius 3 is 2.48 bits per heavy atom. The van der Waals surface area contributed by atoms with Crippen LogP contribution < -0.4 is 5.32 Å². The van der Waals surface area contributed by atoms with Crippen molar-refractivity contribution in [2.45, 2.75) is 38.8 Å². The highest BCUT2D eigenvalue weighted by molar-refractivity contribution is 5.73. The first kappa shape index (κ1) is 17.8. The number of likely N-dealkylation sites (N-methyl/N-ethyl adjacent to an activating group) is 1. The summed E-state index contributed by atoms with van der Waals surface area (Å²) >= 11 is 0. The molecule has 1 fully saturated rings. The Kier molecular flexibility index (Phi) is 7.36. The van der Waals surface area contributed by atoms with Crippen molar-refractivity contribution in [2.24, 2.45) is 0 Å². The Morgan fingerprint density at radius 1 is 1.17 bits per heavy atom. The van der Waals surface area contributed by atoms with E-state index in [0.717, 1.165) is 6.54 Å². The molecule has 0 aromatic heterocycles. The number of carbonyl (C=O) groups is 1. The van der Waals surface area contributed by atoms with Crippen LogP contribution in [0.25, 0.3) is 0 Å². The van der Waals surface area contributed by atoms with Crippen LogP contribution in [0.3, 0.4) is 0 Å². The standard InChI is InChI=1S/C18H29N3O2/c1-20(12-13-22)18(23)19-14-16-8-4-5-9-17(16)15-21-10-6-2-3-7-11-21/h4-5,8-9,22H,2-3,6-7,10-15H2,1H3,(H,19,23). The number of likely N-dealkylation sites (tertiary alicyclic amines) is 1. The summed E-state index contributed by atoms with van der Waals surface area (Å²) in [6.45, 7) is 4.15. The lowest BCUT2D eigenvalue weighted by molar-refractivity contribution is 0.190. The average molecular weight is 319 g/mol. The summed E-state index contributed by atoms with van der Waals surface area (Å²) < 4.78 is 0. The SMILES string of the molecule is CN(CCO)C(=O)NCc1ccccc1CN1CCCCCC1. The van der Waals surface area contributed by atoms with E-state index in [1.807, 2.05) is 6.07 Å². The molecule has 5 heteroatoms. The van der Waals surface area contributed by atoms with Crippen LogP contribution >= 0.6 is 0 Å². The quantitative estimate of drug-likeness (QED) is 0.845. The molecule has 0 unspecified atom stereocenters. The van der Waals surface area contributed by atoms with Gasteiger partial charge in [-0.2, -0.15) is 0 Å². The van der Waals surface area contributed by atoms with Gasteiger partial charge in [0.05, 0.1) is 6.61 Å². The summed E-state index contributed by atoms with van der Waals surface area (Å²) in [5.41, 5.74) is 2.46. The molecule has 0 saturated carbocycles. The van der Waals surface area contributed by atoms with Crippen molar-refractivity contribution in [1.29, 1.82) is 0 Å². The van der Waals surface area contributed by atoms with Crippen molar-refractivity contribution < 1.29 is 9.90 Å². The van der Waals surface area contributed by atoms with Gasteiger partial charge in [0.2, 0.25) is 0 Å². The van der Waals surface area contributed by atoms with E-state index >= 15 is 0 Å². The summed E-state index contributed by atoms with van der Waals surface area (Å²) in [5.74, 6) is 0. The van der Waals surface area contributed by atoms with Crippen molar-refractivity contribution in [3.8, 4) is 0 Å². The number of aliphatic hydroxyl groups excluding tert-OH is 1. The van der Waals surface area contributed by atoms with Gasteiger partial charge < -0.3 is 15.3 Å². The zero-order valence-corrected chi connectivity index (χ0v) is 14.1. The van der Waals surface area contributed by atoms with Crippen molar-refractivity contribution in [1.82, 2.24) is 15.1 Å². The monoisotopic (exact) mass is 319 g/mol. The zero-order chi connectivity index (χ0) is 16.5.